The summed E-state index contributed by atoms with van der Waals surface area (Å²) < 4.78 is 67.8. The highest BCUT2D eigenvalue weighted by atomic mass is 28.4. The van der Waals surface area contributed by atoms with Gasteiger partial charge in [-0.3, -0.25) is 4.79 Å². The first kappa shape index (κ1) is 45.4. The minimum Gasteiger partial charge on any atom is -0.458 e. The molecule has 2 fully saturated rings. The van der Waals surface area contributed by atoms with Crippen molar-refractivity contribution >= 4 is 30.9 Å². The van der Waals surface area contributed by atoms with Gasteiger partial charge in [0.15, 0.2) is 25.0 Å². The molecule has 0 aromatic carbocycles. The molecular formula is C41H73F3O5Si3. The van der Waals surface area contributed by atoms with Crippen LogP contribution in [0.3, 0.4) is 0 Å². The molecule has 6 atom stereocenters. The molecule has 0 aliphatic heterocycles. The number of hydrogen-bond acceptors (Lipinski definition) is 5. The van der Waals surface area contributed by atoms with Crippen molar-refractivity contribution in [2.75, 3.05) is 0 Å². The van der Waals surface area contributed by atoms with Crippen molar-refractivity contribution in [1.29, 1.82) is 0 Å². The molecular weight excluding hydrogens is 714 g/mol. The minimum atomic E-state index is -4.58. The van der Waals surface area contributed by atoms with Crippen LogP contribution in [0.4, 0.5) is 13.2 Å². The summed E-state index contributed by atoms with van der Waals surface area (Å²) in [7, 11) is -6.07. The van der Waals surface area contributed by atoms with Gasteiger partial charge in [0.05, 0.1) is 12.2 Å². The largest absolute Gasteiger partial charge is 0.458 e. The molecule has 3 aliphatic rings. The highest BCUT2D eigenvalue weighted by Gasteiger charge is 2.54. The Kier molecular flexibility index (Phi) is 16.0. The second kappa shape index (κ2) is 18.3. The van der Waals surface area contributed by atoms with Crippen molar-refractivity contribution in [2.24, 2.45) is 11.3 Å². The van der Waals surface area contributed by atoms with Crippen LogP contribution in [-0.2, 0) is 22.8 Å². The zero-order valence-electron chi connectivity index (χ0n) is 34.8. The molecule has 0 saturated heterocycles. The van der Waals surface area contributed by atoms with Crippen molar-refractivity contribution < 1.29 is 36.0 Å². The molecule has 11 heteroatoms. The Morgan fingerprint density at radius 2 is 1.44 bits per heavy atom. The Morgan fingerprint density at radius 1 is 0.923 bits per heavy atom. The van der Waals surface area contributed by atoms with Gasteiger partial charge in [0, 0.05) is 6.42 Å². The van der Waals surface area contributed by atoms with Gasteiger partial charge >= 0.3 is 12.1 Å². The maximum Gasteiger partial charge on any atom is 0.416 e. The van der Waals surface area contributed by atoms with Gasteiger partial charge in [-0.2, -0.15) is 13.2 Å². The van der Waals surface area contributed by atoms with Crippen molar-refractivity contribution in [3.05, 3.63) is 34.9 Å². The van der Waals surface area contributed by atoms with Crippen LogP contribution in [0.2, 0.25) is 55.9 Å². The predicted molar refractivity (Wildman–Crippen MR) is 216 cm³/mol. The fourth-order valence-electron chi connectivity index (χ4n) is 9.44. The summed E-state index contributed by atoms with van der Waals surface area (Å²) in [4.78, 5) is 13.0. The molecule has 300 valence electrons. The van der Waals surface area contributed by atoms with Crippen LogP contribution >= 0.6 is 0 Å². The Hall–Kier alpha value is -0.989. The van der Waals surface area contributed by atoms with E-state index in [4.69, 9.17) is 18.0 Å². The van der Waals surface area contributed by atoms with Gasteiger partial charge in [-0.1, -0.05) is 77.8 Å². The van der Waals surface area contributed by atoms with Crippen LogP contribution in [0, 0.1) is 11.3 Å². The van der Waals surface area contributed by atoms with E-state index < -0.39 is 55.2 Å². The minimum absolute atomic E-state index is 0.156. The second-order valence-corrected chi connectivity index (χ2v) is 31.3. The van der Waals surface area contributed by atoms with Crippen LogP contribution in [0.5, 0.6) is 0 Å². The maximum absolute atomic E-state index is 14.0. The summed E-state index contributed by atoms with van der Waals surface area (Å²) in [6.45, 7) is 24.2. The average molecular weight is 787 g/mol. The summed E-state index contributed by atoms with van der Waals surface area (Å²) in [5.74, 6) is -0.295. The van der Waals surface area contributed by atoms with Gasteiger partial charge in [-0.05, 0) is 138 Å². The summed E-state index contributed by atoms with van der Waals surface area (Å²) in [6.07, 6.45) is 8.42. The number of allylic oxidation sites excluding steroid dienone is 4. The lowest BCUT2D eigenvalue weighted by molar-refractivity contribution is -0.247. The molecule has 52 heavy (non-hydrogen) atoms. The molecule has 0 aromatic rings. The Labute approximate surface area is 318 Å². The summed E-state index contributed by atoms with van der Waals surface area (Å²) in [5, 5.41) is 0. The van der Waals surface area contributed by atoms with Crippen LogP contribution in [0.15, 0.2) is 34.9 Å². The Balaban J connectivity index is 1.78. The molecule has 0 aromatic heterocycles. The number of halogens is 3. The molecule has 2 saturated carbocycles. The molecule has 0 N–H and O–H groups in total. The predicted octanol–water partition coefficient (Wildman–Crippen LogP) is 12.8. The molecule has 0 radical (unpaired) electrons. The highest BCUT2D eigenvalue weighted by Crippen LogP contribution is 2.56. The lowest BCUT2D eigenvalue weighted by Gasteiger charge is -2.42. The maximum atomic E-state index is 14.0. The molecule has 0 bridgehead atoms. The van der Waals surface area contributed by atoms with Crippen LogP contribution in [0.25, 0.3) is 0 Å². The Morgan fingerprint density at radius 3 is 1.90 bits per heavy atom. The van der Waals surface area contributed by atoms with Crippen molar-refractivity contribution in [3.63, 3.8) is 0 Å². The molecule has 0 heterocycles. The average Bonchev–Trinajstić information content (AvgIpc) is 3.44. The Bertz CT molecular complexity index is 1230. The quantitative estimate of drug-likeness (QED) is 0.0787. The number of carbonyl (C=O) groups excluding carboxylic acids is 1. The number of esters is 1. The third kappa shape index (κ3) is 11.1. The van der Waals surface area contributed by atoms with Crippen LogP contribution in [0.1, 0.15) is 120 Å². The molecule has 0 spiro atoms. The van der Waals surface area contributed by atoms with Crippen molar-refractivity contribution in [2.45, 2.75) is 206 Å². The van der Waals surface area contributed by atoms with Gasteiger partial charge < -0.3 is 18.0 Å². The number of ether oxygens (including phenoxy) is 1. The first-order valence-corrected chi connectivity index (χ1v) is 29.0. The van der Waals surface area contributed by atoms with Gasteiger partial charge in [-0.15, -0.1) is 0 Å². The number of carbonyl (C=O) groups is 1. The molecule has 5 nitrogen and oxygen atoms in total. The summed E-state index contributed by atoms with van der Waals surface area (Å²) in [5.41, 5.74) is 1.43. The second-order valence-electron chi connectivity index (χ2n) is 17.5. The van der Waals surface area contributed by atoms with Crippen LogP contribution < -0.4 is 0 Å². The van der Waals surface area contributed by atoms with E-state index in [9.17, 15) is 18.0 Å². The molecule has 3 aliphatic carbocycles. The van der Waals surface area contributed by atoms with Crippen LogP contribution in [-0.4, -0.2) is 61.0 Å². The number of rotatable bonds is 18. The number of alkyl halides is 3. The zero-order chi connectivity index (χ0) is 39.2. The molecule has 1 unspecified atom stereocenters. The van der Waals surface area contributed by atoms with E-state index in [0.29, 0.717) is 5.92 Å². The van der Waals surface area contributed by atoms with E-state index in [0.717, 1.165) is 93.7 Å². The van der Waals surface area contributed by atoms with Gasteiger partial charge in [0.2, 0.25) is 0 Å². The summed E-state index contributed by atoms with van der Waals surface area (Å²) >= 11 is 0. The SMILES string of the molecule is CC[Si](CC)(CC)O[C@@H]1CC(=CC=C2CCC[C@]3(C)C([C@H](C)OC(=O)CCC(C)(O[Si](C)(C)C)C(F)(F)F)=CC[C@@H]23)C[C@@H](O[Si](CC)(CC)CC)C1. The van der Waals surface area contributed by atoms with E-state index in [1.165, 1.54) is 11.1 Å². The molecule has 0 amide bonds. The standard InChI is InChI=1S/C41H73F3O5Si3/c1-13-51(14-2,15-3)47-34-28-32(29-35(30-34)48-52(16-4,17-5)18-6)21-22-33-20-19-26-39(8)36(23-24-37(33)39)31(7)46-38(45)25-27-40(9,41(42,43)44)49-50(10,11)12/h21-23,31,34-35,37H,13-20,24-30H2,1-12H3/t31-,34+,35+,37-,39+,40?/m0/s1. The fourth-order valence-corrected chi connectivity index (χ4v) is 16.8. The van der Waals surface area contributed by atoms with Crippen molar-refractivity contribution in [3.8, 4) is 0 Å². The van der Waals surface area contributed by atoms with E-state index in [1.807, 2.05) is 6.92 Å². The third-order valence-electron chi connectivity index (χ3n) is 13.0. The number of hydrogen-bond donors (Lipinski definition) is 0. The normalized spacial score (nSPS) is 27.2. The fraction of sp³-hybridized carbons (Fsp3) is 0.829. The smallest absolute Gasteiger partial charge is 0.416 e. The van der Waals surface area contributed by atoms with Gasteiger partial charge in [0.1, 0.15) is 11.7 Å². The van der Waals surface area contributed by atoms with Gasteiger partial charge in [-0.25, -0.2) is 0 Å². The van der Waals surface area contributed by atoms with E-state index in [1.54, 1.807) is 19.6 Å². The monoisotopic (exact) mass is 786 g/mol. The topological polar surface area (TPSA) is 54.0 Å². The highest BCUT2D eigenvalue weighted by molar-refractivity contribution is 6.74. The first-order valence-electron chi connectivity index (χ1n) is 20.6. The van der Waals surface area contributed by atoms with Crippen molar-refractivity contribution in [1.82, 2.24) is 0 Å². The first-order chi connectivity index (χ1) is 24.2. The lowest BCUT2D eigenvalue weighted by atomic mass is 9.63. The van der Waals surface area contributed by atoms with E-state index in [-0.39, 0.29) is 24.0 Å². The van der Waals surface area contributed by atoms with E-state index >= 15 is 0 Å². The van der Waals surface area contributed by atoms with Gasteiger partial charge in [0.25, 0.3) is 0 Å². The lowest BCUT2D eigenvalue weighted by Crippen LogP contribution is -2.51. The number of fused-ring (bicyclic) bond motifs is 1. The van der Waals surface area contributed by atoms with E-state index in [2.05, 4.69) is 66.7 Å². The molecule has 3 rings (SSSR count). The zero-order valence-corrected chi connectivity index (χ0v) is 37.8. The summed E-state index contributed by atoms with van der Waals surface area (Å²) in [6, 6.07) is 6.87. The third-order valence-corrected chi connectivity index (χ3v) is 23.5.